The van der Waals surface area contributed by atoms with Crippen molar-refractivity contribution in [3.63, 3.8) is 0 Å². The van der Waals surface area contributed by atoms with E-state index in [9.17, 15) is 14.4 Å². The fourth-order valence-electron chi connectivity index (χ4n) is 1.71. The minimum atomic E-state index is -4.41. The quantitative estimate of drug-likeness (QED) is 0.659. The molecule has 1 aromatic rings. The summed E-state index contributed by atoms with van der Waals surface area (Å²) >= 11 is 11.5. The number of rotatable bonds is 4. The monoisotopic (exact) mass is 298 g/mol. The minimum absolute atomic E-state index is 0.00617. The number of hydrogen-bond donors (Lipinski definition) is 2. The van der Waals surface area contributed by atoms with Gasteiger partial charge in [-0.25, -0.2) is 9.97 Å². The molecule has 5 nitrogen and oxygen atoms in total. The Morgan fingerprint density at radius 2 is 1.65 bits per heavy atom. The lowest BCUT2D eigenvalue weighted by Crippen LogP contribution is -2.27. The van der Waals surface area contributed by atoms with Gasteiger partial charge in [-0.05, 0) is 12.8 Å². The average molecular weight is 299 g/mol. The SMILES string of the molecule is CCC(CC)(c1nc(Cl)cc(Cl)n1)P(=O)(O)O. The summed E-state index contributed by atoms with van der Waals surface area (Å²) < 4.78 is 11.7. The van der Waals surface area contributed by atoms with Crippen LogP contribution in [0.1, 0.15) is 32.5 Å². The molecule has 17 heavy (non-hydrogen) atoms. The molecular formula is C9H13Cl2N2O3P. The van der Waals surface area contributed by atoms with Gasteiger partial charge in [-0.3, -0.25) is 4.57 Å². The maximum atomic E-state index is 11.7. The molecule has 0 bridgehead atoms. The molecule has 1 rings (SSSR count). The van der Waals surface area contributed by atoms with E-state index < -0.39 is 12.8 Å². The maximum Gasteiger partial charge on any atom is 0.339 e. The van der Waals surface area contributed by atoms with Gasteiger partial charge in [0.15, 0.2) is 0 Å². The van der Waals surface area contributed by atoms with E-state index in [2.05, 4.69) is 9.97 Å². The third-order valence-corrected chi connectivity index (χ3v) is 5.14. The molecule has 0 radical (unpaired) electrons. The van der Waals surface area contributed by atoms with E-state index in [4.69, 9.17) is 23.2 Å². The van der Waals surface area contributed by atoms with Crippen LogP contribution in [0, 0.1) is 0 Å². The molecule has 0 aliphatic rings. The first-order valence-corrected chi connectivity index (χ1v) is 7.40. The van der Waals surface area contributed by atoms with Gasteiger partial charge in [-0.1, -0.05) is 37.0 Å². The van der Waals surface area contributed by atoms with Crippen LogP contribution in [0.5, 0.6) is 0 Å². The molecule has 8 heteroatoms. The van der Waals surface area contributed by atoms with Gasteiger partial charge in [0.1, 0.15) is 21.3 Å². The molecule has 2 N–H and O–H groups in total. The standard InChI is InChI=1S/C9H13Cl2N2O3P/c1-3-9(4-2,17(14,15)16)8-12-6(10)5-7(11)13-8/h5H,3-4H2,1-2H3,(H2,14,15,16). The number of nitrogens with zero attached hydrogens (tertiary/aromatic N) is 2. The summed E-state index contributed by atoms with van der Waals surface area (Å²) in [5, 5.41) is -1.29. The number of aromatic nitrogens is 2. The predicted molar refractivity (Wildman–Crippen MR) is 66.4 cm³/mol. The molecule has 0 aromatic carbocycles. The predicted octanol–water partition coefficient (Wildman–Crippen LogP) is 2.98. The Balaban J connectivity index is 3.47. The highest BCUT2D eigenvalue weighted by molar-refractivity contribution is 7.53. The van der Waals surface area contributed by atoms with E-state index in [1.54, 1.807) is 13.8 Å². The number of hydrogen-bond acceptors (Lipinski definition) is 3. The van der Waals surface area contributed by atoms with Gasteiger partial charge in [0.05, 0.1) is 0 Å². The average Bonchev–Trinajstić information content (AvgIpc) is 2.16. The van der Waals surface area contributed by atoms with E-state index in [0.29, 0.717) is 0 Å². The third-order valence-electron chi connectivity index (χ3n) is 2.81. The number of halogens is 2. The van der Waals surface area contributed by atoms with Crippen molar-refractivity contribution in [1.29, 1.82) is 0 Å². The van der Waals surface area contributed by atoms with Gasteiger partial charge in [0, 0.05) is 6.07 Å². The highest BCUT2D eigenvalue weighted by atomic mass is 35.5. The summed E-state index contributed by atoms with van der Waals surface area (Å²) in [6.07, 6.45) is 0.398. The third kappa shape index (κ3) is 2.80. The Labute approximate surface area is 109 Å². The van der Waals surface area contributed by atoms with Gasteiger partial charge in [-0.2, -0.15) is 0 Å². The molecular weight excluding hydrogens is 286 g/mol. The molecule has 0 aliphatic heterocycles. The van der Waals surface area contributed by atoms with Crippen LogP contribution >= 0.6 is 30.8 Å². The summed E-state index contributed by atoms with van der Waals surface area (Å²) in [6.45, 7) is 3.33. The second-order valence-corrected chi connectivity index (χ2v) is 6.34. The van der Waals surface area contributed by atoms with Crippen molar-refractivity contribution in [2.75, 3.05) is 0 Å². The fourth-order valence-corrected chi connectivity index (χ4v) is 3.31. The summed E-state index contributed by atoms with van der Waals surface area (Å²) in [7, 11) is -4.41. The minimum Gasteiger partial charge on any atom is -0.324 e. The van der Waals surface area contributed by atoms with Crippen molar-refractivity contribution in [3.05, 3.63) is 22.2 Å². The molecule has 1 heterocycles. The van der Waals surface area contributed by atoms with Crippen LogP contribution in [0.25, 0.3) is 0 Å². The lowest BCUT2D eigenvalue weighted by Gasteiger charge is -2.30. The molecule has 0 aliphatic carbocycles. The first-order chi connectivity index (χ1) is 7.76. The first-order valence-electron chi connectivity index (χ1n) is 5.03. The van der Waals surface area contributed by atoms with E-state index in [0.717, 1.165) is 0 Å². The smallest absolute Gasteiger partial charge is 0.324 e. The second-order valence-electron chi connectivity index (χ2n) is 3.62. The molecule has 0 spiro atoms. The highest BCUT2D eigenvalue weighted by Gasteiger charge is 2.48. The fraction of sp³-hybridized carbons (Fsp3) is 0.556. The molecule has 0 unspecified atom stereocenters. The van der Waals surface area contributed by atoms with Gasteiger partial charge < -0.3 is 9.79 Å². The van der Waals surface area contributed by atoms with Crippen molar-refractivity contribution in [1.82, 2.24) is 9.97 Å². The molecule has 0 amide bonds. The molecule has 0 fully saturated rings. The lowest BCUT2D eigenvalue weighted by atomic mass is 10.0. The second kappa shape index (κ2) is 5.21. The topological polar surface area (TPSA) is 83.3 Å². The van der Waals surface area contributed by atoms with E-state index in [-0.39, 0.29) is 29.0 Å². The van der Waals surface area contributed by atoms with E-state index >= 15 is 0 Å². The van der Waals surface area contributed by atoms with Crippen LogP contribution in [0.4, 0.5) is 0 Å². The summed E-state index contributed by atoms with van der Waals surface area (Å²) in [6, 6.07) is 1.32. The normalized spacial score (nSPS) is 12.8. The summed E-state index contributed by atoms with van der Waals surface area (Å²) in [5.41, 5.74) is 0. The van der Waals surface area contributed by atoms with Crippen LogP contribution in [-0.2, 0) is 9.72 Å². The van der Waals surface area contributed by atoms with Gasteiger partial charge in [-0.15, -0.1) is 0 Å². The van der Waals surface area contributed by atoms with Crippen molar-refractivity contribution < 1.29 is 14.4 Å². The van der Waals surface area contributed by atoms with E-state index in [1.165, 1.54) is 6.07 Å². The van der Waals surface area contributed by atoms with Crippen molar-refractivity contribution in [3.8, 4) is 0 Å². The van der Waals surface area contributed by atoms with Gasteiger partial charge >= 0.3 is 7.60 Å². The molecule has 0 saturated heterocycles. The van der Waals surface area contributed by atoms with Crippen molar-refractivity contribution in [2.24, 2.45) is 0 Å². The van der Waals surface area contributed by atoms with Crippen molar-refractivity contribution in [2.45, 2.75) is 31.8 Å². The molecule has 0 saturated carbocycles. The summed E-state index contributed by atoms with van der Waals surface area (Å²) in [4.78, 5) is 26.8. The van der Waals surface area contributed by atoms with Crippen LogP contribution in [0.3, 0.4) is 0 Å². The zero-order chi connectivity index (χ0) is 13.3. The summed E-state index contributed by atoms with van der Waals surface area (Å²) in [5.74, 6) is -0.00617. The highest BCUT2D eigenvalue weighted by Crippen LogP contribution is 2.60. The maximum absolute atomic E-state index is 11.7. The van der Waals surface area contributed by atoms with Crippen molar-refractivity contribution >= 4 is 30.8 Å². The lowest BCUT2D eigenvalue weighted by molar-refractivity contribution is 0.309. The van der Waals surface area contributed by atoms with Crippen LogP contribution in [-0.4, -0.2) is 19.8 Å². The van der Waals surface area contributed by atoms with Gasteiger partial charge in [0.2, 0.25) is 0 Å². The Morgan fingerprint density at radius 1 is 1.24 bits per heavy atom. The molecule has 96 valence electrons. The van der Waals surface area contributed by atoms with E-state index in [1.807, 2.05) is 0 Å². The Morgan fingerprint density at radius 3 is 1.94 bits per heavy atom. The van der Waals surface area contributed by atoms with Gasteiger partial charge in [0.25, 0.3) is 0 Å². The first kappa shape index (κ1) is 14.9. The zero-order valence-electron chi connectivity index (χ0n) is 9.39. The molecule has 1 aromatic heterocycles. The Kier molecular flexibility index (Phi) is 4.55. The Bertz CT molecular complexity index is 439. The van der Waals surface area contributed by atoms with Crippen LogP contribution < -0.4 is 0 Å². The largest absolute Gasteiger partial charge is 0.339 e. The van der Waals surface area contributed by atoms with Crippen LogP contribution in [0.2, 0.25) is 10.3 Å². The zero-order valence-corrected chi connectivity index (χ0v) is 11.8. The molecule has 0 atom stereocenters. The van der Waals surface area contributed by atoms with Crippen LogP contribution in [0.15, 0.2) is 6.07 Å². The Hall–Kier alpha value is -0.190.